The number of amides is 1. The van der Waals surface area contributed by atoms with Gasteiger partial charge in [-0.3, -0.25) is 4.79 Å². The van der Waals surface area contributed by atoms with Crippen molar-refractivity contribution in [1.82, 2.24) is 20.2 Å². The van der Waals surface area contributed by atoms with E-state index in [0.717, 1.165) is 54.6 Å². The summed E-state index contributed by atoms with van der Waals surface area (Å²) in [5.74, 6) is -0.0957. The lowest BCUT2D eigenvalue weighted by Crippen LogP contribution is -2.25. The molecule has 3 rings (SSSR count). The number of pyridine rings is 1. The lowest BCUT2D eigenvalue weighted by Gasteiger charge is -2.07. The molecule has 0 aliphatic heterocycles. The van der Waals surface area contributed by atoms with E-state index >= 15 is 0 Å². The zero-order valence-electron chi connectivity index (χ0n) is 15.7. The standard InChI is InChI=1S/C21H27N5O/c1-23-10-2-3-12-26-13-9-17-14-18(15-25-20(17)26)21(27)24-11-8-16-4-6-19(22)7-5-16/h4-7,9,13-15,23H,2-3,8,10-12,22H2,1H3,(H,24,27). The van der Waals surface area contributed by atoms with Crippen molar-refractivity contribution in [2.24, 2.45) is 0 Å². The Morgan fingerprint density at radius 1 is 1.15 bits per heavy atom. The van der Waals surface area contributed by atoms with Crippen LogP contribution in [-0.2, 0) is 13.0 Å². The largest absolute Gasteiger partial charge is 0.399 e. The highest BCUT2D eigenvalue weighted by atomic mass is 16.1. The average Bonchev–Trinajstić information content (AvgIpc) is 3.09. The zero-order chi connectivity index (χ0) is 19.1. The Morgan fingerprint density at radius 2 is 1.96 bits per heavy atom. The molecule has 6 nitrogen and oxygen atoms in total. The lowest BCUT2D eigenvalue weighted by atomic mass is 10.1. The van der Waals surface area contributed by atoms with Crippen LogP contribution in [0.15, 0.2) is 48.8 Å². The summed E-state index contributed by atoms with van der Waals surface area (Å²) in [5, 5.41) is 7.11. The number of aryl methyl sites for hydroxylation is 1. The quantitative estimate of drug-likeness (QED) is 0.402. The van der Waals surface area contributed by atoms with Crippen LogP contribution in [0.2, 0.25) is 0 Å². The lowest BCUT2D eigenvalue weighted by molar-refractivity contribution is 0.0954. The second-order valence-electron chi connectivity index (χ2n) is 6.70. The summed E-state index contributed by atoms with van der Waals surface area (Å²) >= 11 is 0. The van der Waals surface area contributed by atoms with E-state index in [2.05, 4.69) is 20.2 Å². The summed E-state index contributed by atoms with van der Waals surface area (Å²) in [4.78, 5) is 16.9. The van der Waals surface area contributed by atoms with Gasteiger partial charge in [0.05, 0.1) is 5.56 Å². The van der Waals surface area contributed by atoms with Gasteiger partial charge in [0.2, 0.25) is 0 Å². The number of rotatable bonds is 9. The average molecular weight is 365 g/mol. The number of carbonyl (C=O) groups excluding carboxylic acids is 1. The number of nitrogens with one attached hydrogen (secondary N) is 2. The van der Waals surface area contributed by atoms with E-state index in [0.29, 0.717) is 12.1 Å². The number of anilines is 1. The molecule has 0 radical (unpaired) electrons. The van der Waals surface area contributed by atoms with Crippen molar-refractivity contribution in [3.8, 4) is 0 Å². The van der Waals surface area contributed by atoms with E-state index < -0.39 is 0 Å². The summed E-state index contributed by atoms with van der Waals surface area (Å²) in [6, 6.07) is 11.6. The van der Waals surface area contributed by atoms with E-state index in [-0.39, 0.29) is 5.91 Å². The molecule has 0 saturated heterocycles. The highest BCUT2D eigenvalue weighted by Gasteiger charge is 2.09. The van der Waals surface area contributed by atoms with Crippen LogP contribution in [0, 0.1) is 0 Å². The zero-order valence-corrected chi connectivity index (χ0v) is 15.7. The molecule has 2 heterocycles. The monoisotopic (exact) mass is 365 g/mol. The maximum Gasteiger partial charge on any atom is 0.252 e. The van der Waals surface area contributed by atoms with Crippen LogP contribution < -0.4 is 16.4 Å². The van der Waals surface area contributed by atoms with Crippen molar-refractivity contribution >= 4 is 22.6 Å². The molecule has 0 unspecified atom stereocenters. The topological polar surface area (TPSA) is 85.0 Å². The summed E-state index contributed by atoms with van der Waals surface area (Å²) in [7, 11) is 1.97. The first-order valence-electron chi connectivity index (χ1n) is 9.39. The van der Waals surface area contributed by atoms with Gasteiger partial charge in [-0.1, -0.05) is 12.1 Å². The van der Waals surface area contributed by atoms with E-state index in [1.54, 1.807) is 6.20 Å². The molecule has 0 aliphatic carbocycles. The number of nitrogens with zero attached hydrogens (tertiary/aromatic N) is 2. The summed E-state index contributed by atoms with van der Waals surface area (Å²) in [6.45, 7) is 2.53. The fourth-order valence-corrected chi connectivity index (χ4v) is 3.07. The summed E-state index contributed by atoms with van der Waals surface area (Å²) in [5.41, 5.74) is 9.10. The fourth-order valence-electron chi connectivity index (χ4n) is 3.07. The summed E-state index contributed by atoms with van der Waals surface area (Å²) < 4.78 is 2.15. The first kappa shape index (κ1) is 18.9. The number of nitrogens with two attached hydrogens (primary N) is 1. The van der Waals surface area contributed by atoms with E-state index in [9.17, 15) is 4.79 Å². The number of aromatic nitrogens is 2. The Balaban J connectivity index is 1.56. The first-order valence-corrected chi connectivity index (χ1v) is 9.39. The van der Waals surface area contributed by atoms with Gasteiger partial charge in [0.25, 0.3) is 5.91 Å². The second kappa shape index (κ2) is 9.19. The van der Waals surface area contributed by atoms with Crippen LogP contribution >= 0.6 is 0 Å². The van der Waals surface area contributed by atoms with Crippen LogP contribution in [0.4, 0.5) is 5.69 Å². The molecule has 1 amide bonds. The van der Waals surface area contributed by atoms with Gasteiger partial charge in [-0.2, -0.15) is 0 Å². The van der Waals surface area contributed by atoms with Gasteiger partial charge in [0.1, 0.15) is 5.65 Å². The second-order valence-corrected chi connectivity index (χ2v) is 6.70. The molecule has 6 heteroatoms. The molecule has 2 aromatic heterocycles. The molecule has 3 aromatic rings. The maximum absolute atomic E-state index is 12.4. The Bertz CT molecular complexity index is 885. The van der Waals surface area contributed by atoms with E-state index in [1.165, 1.54) is 0 Å². The Hall–Kier alpha value is -2.86. The number of benzene rings is 1. The van der Waals surface area contributed by atoms with Crippen molar-refractivity contribution in [2.75, 3.05) is 25.9 Å². The highest BCUT2D eigenvalue weighted by Crippen LogP contribution is 2.16. The fraction of sp³-hybridized carbons (Fsp3) is 0.333. The van der Waals surface area contributed by atoms with Gasteiger partial charge in [-0.15, -0.1) is 0 Å². The van der Waals surface area contributed by atoms with Crippen molar-refractivity contribution in [2.45, 2.75) is 25.8 Å². The van der Waals surface area contributed by atoms with Crippen molar-refractivity contribution < 1.29 is 4.79 Å². The van der Waals surface area contributed by atoms with Crippen LogP contribution in [0.1, 0.15) is 28.8 Å². The van der Waals surface area contributed by atoms with Gasteiger partial charge in [0.15, 0.2) is 0 Å². The van der Waals surface area contributed by atoms with Crippen molar-refractivity contribution in [1.29, 1.82) is 0 Å². The number of unbranched alkanes of at least 4 members (excludes halogenated alkanes) is 1. The minimum absolute atomic E-state index is 0.0957. The molecule has 4 N–H and O–H groups in total. The smallest absolute Gasteiger partial charge is 0.252 e. The molecule has 0 aliphatic rings. The molecule has 0 spiro atoms. The van der Waals surface area contributed by atoms with E-state index in [4.69, 9.17) is 5.73 Å². The van der Waals surface area contributed by atoms with Crippen LogP contribution in [0.5, 0.6) is 0 Å². The normalized spacial score (nSPS) is 11.0. The van der Waals surface area contributed by atoms with Gasteiger partial charge >= 0.3 is 0 Å². The predicted molar refractivity (Wildman–Crippen MR) is 110 cm³/mol. The third-order valence-electron chi connectivity index (χ3n) is 4.62. The van der Waals surface area contributed by atoms with Gasteiger partial charge in [-0.05, 0) is 62.7 Å². The molecule has 0 fully saturated rings. The number of hydrogen-bond donors (Lipinski definition) is 3. The Labute approximate surface area is 159 Å². The third-order valence-corrected chi connectivity index (χ3v) is 4.62. The van der Waals surface area contributed by atoms with E-state index in [1.807, 2.05) is 49.6 Å². The molecule has 0 atom stereocenters. The number of carbonyl (C=O) groups is 1. The van der Waals surface area contributed by atoms with Gasteiger partial charge < -0.3 is 20.9 Å². The van der Waals surface area contributed by atoms with Crippen molar-refractivity contribution in [3.05, 3.63) is 59.9 Å². The van der Waals surface area contributed by atoms with Crippen LogP contribution in [0.25, 0.3) is 11.0 Å². The highest BCUT2D eigenvalue weighted by molar-refractivity contribution is 5.96. The first-order chi connectivity index (χ1) is 13.2. The SMILES string of the molecule is CNCCCCn1ccc2cc(C(=O)NCCc3ccc(N)cc3)cnc21. The van der Waals surface area contributed by atoms with Crippen LogP contribution in [0.3, 0.4) is 0 Å². The van der Waals surface area contributed by atoms with Gasteiger partial charge in [-0.25, -0.2) is 4.98 Å². The predicted octanol–water partition coefficient (Wildman–Crippen LogP) is 2.59. The molecule has 142 valence electrons. The number of nitrogen functional groups attached to an aromatic ring is 1. The number of fused-ring (bicyclic) bond motifs is 1. The number of hydrogen-bond acceptors (Lipinski definition) is 4. The minimum Gasteiger partial charge on any atom is -0.399 e. The molecule has 27 heavy (non-hydrogen) atoms. The Kier molecular flexibility index (Phi) is 6.44. The molecular formula is C21H27N5O. The molecule has 0 bridgehead atoms. The molecular weight excluding hydrogens is 338 g/mol. The van der Waals surface area contributed by atoms with Crippen LogP contribution in [-0.4, -0.2) is 35.6 Å². The van der Waals surface area contributed by atoms with Gasteiger partial charge in [0, 0.05) is 36.6 Å². The Morgan fingerprint density at radius 3 is 2.74 bits per heavy atom. The molecule has 0 saturated carbocycles. The third kappa shape index (κ3) is 5.08. The minimum atomic E-state index is -0.0957. The summed E-state index contributed by atoms with van der Waals surface area (Å²) in [6.07, 6.45) is 6.69. The van der Waals surface area contributed by atoms with Crippen molar-refractivity contribution in [3.63, 3.8) is 0 Å². The maximum atomic E-state index is 12.4. The molecule has 1 aromatic carbocycles.